The first-order valence-corrected chi connectivity index (χ1v) is 7.92. The number of benzene rings is 1. The molecule has 21 heavy (non-hydrogen) atoms. The molecular weight excluding hydrogens is 269 g/mol. The van der Waals surface area contributed by atoms with Gasteiger partial charge in [0.2, 0.25) is 0 Å². The summed E-state index contributed by atoms with van der Waals surface area (Å²) in [5.41, 5.74) is -0.0825. The van der Waals surface area contributed by atoms with Crippen LogP contribution in [0, 0.1) is 5.82 Å². The van der Waals surface area contributed by atoms with Crippen LogP contribution in [0.5, 0.6) is 5.75 Å². The second-order valence-corrected chi connectivity index (χ2v) is 6.08. The molecule has 0 aromatic heterocycles. The third-order valence-electron chi connectivity index (χ3n) is 4.18. The van der Waals surface area contributed by atoms with Gasteiger partial charge in [0.25, 0.3) is 0 Å². The van der Waals surface area contributed by atoms with E-state index in [9.17, 15) is 9.50 Å². The molecule has 3 nitrogen and oxygen atoms in total. The van der Waals surface area contributed by atoms with Crippen LogP contribution >= 0.6 is 0 Å². The van der Waals surface area contributed by atoms with Gasteiger partial charge in [-0.15, -0.1) is 0 Å². The van der Waals surface area contributed by atoms with E-state index < -0.39 is 5.60 Å². The van der Waals surface area contributed by atoms with Crippen molar-refractivity contribution in [3.63, 3.8) is 0 Å². The Labute approximate surface area is 126 Å². The van der Waals surface area contributed by atoms with Gasteiger partial charge in [-0.25, -0.2) is 4.39 Å². The topological polar surface area (TPSA) is 41.5 Å². The highest BCUT2D eigenvalue weighted by Crippen LogP contribution is 2.30. The number of hydrogen-bond donors (Lipinski definition) is 2. The quantitative estimate of drug-likeness (QED) is 0.808. The molecule has 0 heterocycles. The molecule has 2 N–H and O–H groups in total. The number of rotatable bonds is 7. The number of nitrogens with one attached hydrogen (secondary N) is 1. The van der Waals surface area contributed by atoms with E-state index in [0.29, 0.717) is 11.3 Å². The van der Waals surface area contributed by atoms with Crippen LogP contribution in [-0.4, -0.2) is 23.9 Å². The van der Waals surface area contributed by atoms with Gasteiger partial charge in [-0.1, -0.05) is 25.8 Å². The van der Waals surface area contributed by atoms with Crippen molar-refractivity contribution in [2.24, 2.45) is 0 Å². The first-order chi connectivity index (χ1) is 10.0. The lowest BCUT2D eigenvalue weighted by Crippen LogP contribution is -2.32. The average molecular weight is 295 g/mol. The fourth-order valence-electron chi connectivity index (χ4n) is 2.81. The lowest BCUT2D eigenvalue weighted by atomic mass is 10.0. The molecule has 2 rings (SSSR count). The molecule has 1 aromatic rings. The summed E-state index contributed by atoms with van der Waals surface area (Å²) in [6, 6.07) is 4.94. The van der Waals surface area contributed by atoms with Crippen LogP contribution in [0.1, 0.15) is 57.6 Å². The highest BCUT2D eigenvalue weighted by atomic mass is 19.1. The maximum absolute atomic E-state index is 14.1. The van der Waals surface area contributed by atoms with Crippen molar-refractivity contribution in [2.45, 2.75) is 57.6 Å². The number of ether oxygens (including phenoxy) is 1. The third-order valence-corrected chi connectivity index (χ3v) is 4.18. The van der Waals surface area contributed by atoms with E-state index in [2.05, 4.69) is 12.2 Å². The molecule has 0 spiro atoms. The molecule has 1 aliphatic carbocycles. The number of aliphatic hydroxyl groups is 1. The average Bonchev–Trinajstić information content (AvgIpc) is 2.90. The summed E-state index contributed by atoms with van der Waals surface area (Å²) in [5.74, 6) is 0.223. The van der Waals surface area contributed by atoms with Crippen molar-refractivity contribution >= 4 is 0 Å². The van der Waals surface area contributed by atoms with Crippen molar-refractivity contribution in [1.82, 2.24) is 5.32 Å². The third kappa shape index (κ3) is 4.42. The smallest absolute Gasteiger partial charge is 0.131 e. The summed E-state index contributed by atoms with van der Waals surface area (Å²) in [7, 11) is 0. The van der Waals surface area contributed by atoms with Crippen molar-refractivity contribution in [3.8, 4) is 5.75 Å². The van der Waals surface area contributed by atoms with Gasteiger partial charge >= 0.3 is 0 Å². The van der Waals surface area contributed by atoms with Gasteiger partial charge in [0.15, 0.2) is 0 Å². The van der Waals surface area contributed by atoms with Gasteiger partial charge in [0, 0.05) is 17.7 Å². The molecule has 1 aromatic carbocycles. The Morgan fingerprint density at radius 1 is 1.38 bits per heavy atom. The summed E-state index contributed by atoms with van der Waals surface area (Å²) in [6.45, 7) is 5.15. The van der Waals surface area contributed by atoms with Crippen LogP contribution < -0.4 is 10.1 Å². The Bertz CT molecular complexity index is 458. The molecule has 1 atom stereocenters. The van der Waals surface area contributed by atoms with Gasteiger partial charge in [-0.2, -0.15) is 0 Å². The number of halogens is 1. The Balaban J connectivity index is 1.95. The zero-order valence-corrected chi connectivity index (χ0v) is 13.0. The fraction of sp³-hybridized carbons (Fsp3) is 0.647. The van der Waals surface area contributed by atoms with E-state index >= 15 is 0 Å². The van der Waals surface area contributed by atoms with E-state index in [1.165, 1.54) is 6.07 Å². The van der Waals surface area contributed by atoms with Gasteiger partial charge in [0.05, 0.1) is 5.60 Å². The summed E-state index contributed by atoms with van der Waals surface area (Å²) >= 11 is 0. The second-order valence-electron chi connectivity index (χ2n) is 6.08. The van der Waals surface area contributed by atoms with E-state index in [1.807, 2.05) is 6.92 Å². The molecule has 4 heteroatoms. The molecule has 118 valence electrons. The molecule has 1 unspecified atom stereocenters. The molecule has 1 aliphatic rings. The summed E-state index contributed by atoms with van der Waals surface area (Å²) in [6.07, 6.45) is 4.63. The van der Waals surface area contributed by atoms with Crippen molar-refractivity contribution in [1.29, 1.82) is 0 Å². The summed E-state index contributed by atoms with van der Waals surface area (Å²) < 4.78 is 19.7. The highest BCUT2D eigenvalue weighted by molar-refractivity contribution is 5.30. The van der Waals surface area contributed by atoms with E-state index in [0.717, 1.165) is 38.6 Å². The first kappa shape index (κ1) is 16.2. The van der Waals surface area contributed by atoms with Crippen molar-refractivity contribution in [2.75, 3.05) is 13.2 Å². The maximum Gasteiger partial charge on any atom is 0.131 e. The van der Waals surface area contributed by atoms with Crippen molar-refractivity contribution < 1.29 is 14.2 Å². The second kappa shape index (κ2) is 7.23. The predicted molar refractivity (Wildman–Crippen MR) is 82.0 cm³/mol. The SMILES string of the molecule is CCCNC(C)c1ccc(OCC2(O)CCCC2)cc1F. The minimum atomic E-state index is -0.731. The van der Waals surface area contributed by atoms with Gasteiger partial charge in [-0.05, 0) is 38.8 Å². The van der Waals surface area contributed by atoms with Gasteiger partial charge in [0.1, 0.15) is 18.2 Å². The van der Waals surface area contributed by atoms with Crippen LogP contribution in [0.4, 0.5) is 4.39 Å². The molecule has 0 amide bonds. The number of hydrogen-bond acceptors (Lipinski definition) is 3. The van der Waals surface area contributed by atoms with Gasteiger partial charge < -0.3 is 15.2 Å². The summed E-state index contributed by atoms with van der Waals surface area (Å²) in [4.78, 5) is 0. The lowest BCUT2D eigenvalue weighted by Gasteiger charge is -2.22. The molecule has 1 fully saturated rings. The van der Waals surface area contributed by atoms with Gasteiger partial charge in [-0.3, -0.25) is 0 Å². The minimum absolute atomic E-state index is 0.0157. The fourth-order valence-corrected chi connectivity index (χ4v) is 2.81. The monoisotopic (exact) mass is 295 g/mol. The Morgan fingerprint density at radius 2 is 2.10 bits per heavy atom. The molecular formula is C17H26FNO2. The first-order valence-electron chi connectivity index (χ1n) is 7.92. The normalized spacial score (nSPS) is 18.7. The van der Waals surface area contributed by atoms with Crippen LogP contribution in [-0.2, 0) is 0 Å². The Morgan fingerprint density at radius 3 is 2.71 bits per heavy atom. The molecule has 0 saturated heterocycles. The molecule has 0 aliphatic heterocycles. The zero-order valence-electron chi connectivity index (χ0n) is 13.0. The molecule has 0 radical (unpaired) electrons. The van der Waals surface area contributed by atoms with Crippen LogP contribution in [0.15, 0.2) is 18.2 Å². The highest BCUT2D eigenvalue weighted by Gasteiger charge is 2.31. The molecule has 1 saturated carbocycles. The predicted octanol–water partition coefficient (Wildman–Crippen LogP) is 3.57. The van der Waals surface area contributed by atoms with E-state index in [-0.39, 0.29) is 18.5 Å². The lowest BCUT2D eigenvalue weighted by molar-refractivity contribution is 0.00131. The minimum Gasteiger partial charge on any atom is -0.490 e. The largest absolute Gasteiger partial charge is 0.490 e. The van der Waals surface area contributed by atoms with E-state index in [4.69, 9.17) is 4.74 Å². The molecule has 0 bridgehead atoms. The van der Waals surface area contributed by atoms with Crippen LogP contribution in [0.2, 0.25) is 0 Å². The zero-order chi connectivity index (χ0) is 15.3. The summed E-state index contributed by atoms with van der Waals surface area (Å²) in [5, 5.41) is 13.5. The standard InChI is InChI=1S/C17H26FNO2/c1-3-10-19-13(2)15-7-6-14(11-16(15)18)21-12-17(20)8-4-5-9-17/h6-7,11,13,19-20H,3-5,8-10,12H2,1-2H3. The van der Waals surface area contributed by atoms with E-state index in [1.54, 1.807) is 12.1 Å². The maximum atomic E-state index is 14.1. The van der Waals surface area contributed by atoms with Crippen molar-refractivity contribution in [3.05, 3.63) is 29.6 Å². The Hall–Kier alpha value is -1.13. The Kier molecular flexibility index (Phi) is 5.59. The van der Waals surface area contributed by atoms with Crippen LogP contribution in [0.3, 0.4) is 0 Å². The van der Waals surface area contributed by atoms with Crippen LogP contribution in [0.25, 0.3) is 0 Å².